The van der Waals surface area contributed by atoms with Gasteiger partial charge in [0.1, 0.15) is 5.82 Å². The summed E-state index contributed by atoms with van der Waals surface area (Å²) in [6, 6.07) is 13.3. The number of hydrogen-bond donors (Lipinski definition) is 1. The third kappa shape index (κ3) is 3.57. The molecule has 0 aliphatic carbocycles. The monoisotopic (exact) mass is 293 g/mol. The first-order valence-corrected chi connectivity index (χ1v) is 8.14. The molecule has 2 aromatic rings. The summed E-state index contributed by atoms with van der Waals surface area (Å²) in [6.07, 6.45) is 1.66. The molecule has 2 aromatic carbocycles. The van der Waals surface area contributed by atoms with Crippen molar-refractivity contribution in [2.45, 2.75) is 11.3 Å². The highest BCUT2D eigenvalue weighted by molar-refractivity contribution is 7.90. The number of hydrogen-bond acceptors (Lipinski definition) is 3. The van der Waals surface area contributed by atoms with Crippen molar-refractivity contribution in [3.05, 3.63) is 59.9 Å². The molecule has 5 heteroatoms. The van der Waals surface area contributed by atoms with Gasteiger partial charge in [-0.1, -0.05) is 30.3 Å². The third-order valence-corrected chi connectivity index (χ3v) is 4.11. The van der Waals surface area contributed by atoms with E-state index in [-0.39, 0.29) is 10.7 Å². The van der Waals surface area contributed by atoms with E-state index in [4.69, 9.17) is 0 Å². The Morgan fingerprint density at radius 2 is 1.70 bits per heavy atom. The Hall–Kier alpha value is -1.88. The maximum absolute atomic E-state index is 13.5. The molecule has 3 nitrogen and oxygen atoms in total. The first kappa shape index (κ1) is 14.5. The second-order valence-corrected chi connectivity index (χ2v) is 6.52. The average Bonchev–Trinajstić information content (AvgIpc) is 2.40. The van der Waals surface area contributed by atoms with Gasteiger partial charge >= 0.3 is 0 Å². The molecule has 2 rings (SSSR count). The standard InChI is InChI=1S/C15H16FNO2S/c1-20(18,19)15-9-5-4-8-14(15)17-11-10-12-6-2-3-7-13(12)16/h2-9,17H,10-11H2,1H3. The minimum atomic E-state index is -3.27. The van der Waals surface area contributed by atoms with Crippen molar-refractivity contribution in [2.75, 3.05) is 18.1 Å². The number of halogens is 1. The van der Waals surface area contributed by atoms with Gasteiger partial charge in [0, 0.05) is 12.8 Å². The van der Waals surface area contributed by atoms with Crippen molar-refractivity contribution in [3.63, 3.8) is 0 Å². The minimum absolute atomic E-state index is 0.245. The number of para-hydroxylation sites is 1. The molecule has 20 heavy (non-hydrogen) atoms. The summed E-state index contributed by atoms with van der Waals surface area (Å²) in [5, 5.41) is 3.05. The zero-order valence-corrected chi connectivity index (χ0v) is 12.0. The van der Waals surface area contributed by atoms with E-state index < -0.39 is 9.84 Å². The van der Waals surface area contributed by atoms with E-state index in [2.05, 4.69) is 5.32 Å². The largest absolute Gasteiger partial charge is 0.384 e. The van der Waals surface area contributed by atoms with Gasteiger partial charge in [0.25, 0.3) is 0 Å². The summed E-state index contributed by atoms with van der Waals surface area (Å²) in [4.78, 5) is 0.258. The molecule has 106 valence electrons. The Labute approximate surface area is 118 Å². The molecule has 0 fully saturated rings. The molecule has 0 atom stereocenters. The van der Waals surface area contributed by atoms with Gasteiger partial charge in [-0.05, 0) is 30.2 Å². The molecule has 0 amide bonds. The van der Waals surface area contributed by atoms with Gasteiger partial charge in [-0.25, -0.2) is 12.8 Å². The molecule has 0 saturated carbocycles. The lowest BCUT2D eigenvalue weighted by atomic mass is 10.1. The molecule has 0 aliphatic rings. The van der Waals surface area contributed by atoms with Gasteiger partial charge in [0.15, 0.2) is 9.84 Å². The van der Waals surface area contributed by atoms with Crippen molar-refractivity contribution in [1.29, 1.82) is 0 Å². The van der Waals surface area contributed by atoms with Crippen molar-refractivity contribution >= 4 is 15.5 Å². The lowest BCUT2D eigenvalue weighted by Gasteiger charge is -2.11. The fraction of sp³-hybridized carbons (Fsp3) is 0.200. The molecule has 1 N–H and O–H groups in total. The van der Waals surface area contributed by atoms with E-state index in [1.807, 2.05) is 0 Å². The van der Waals surface area contributed by atoms with Crippen LogP contribution in [0.15, 0.2) is 53.4 Å². The van der Waals surface area contributed by atoms with Gasteiger partial charge in [-0.2, -0.15) is 0 Å². The molecule has 0 heterocycles. The van der Waals surface area contributed by atoms with Crippen LogP contribution in [0, 0.1) is 5.82 Å². The Bertz CT molecular complexity index is 699. The highest BCUT2D eigenvalue weighted by Gasteiger charge is 2.12. The maximum Gasteiger partial charge on any atom is 0.177 e. The zero-order chi connectivity index (χ0) is 14.6. The van der Waals surface area contributed by atoms with Crippen LogP contribution in [0.1, 0.15) is 5.56 Å². The Kier molecular flexibility index (Phi) is 4.39. The van der Waals surface area contributed by atoms with Crippen molar-refractivity contribution in [1.82, 2.24) is 0 Å². The normalized spacial score (nSPS) is 11.3. The van der Waals surface area contributed by atoms with E-state index >= 15 is 0 Å². The van der Waals surface area contributed by atoms with Gasteiger partial charge in [0.05, 0.1) is 10.6 Å². The third-order valence-electron chi connectivity index (χ3n) is 2.95. The van der Waals surface area contributed by atoms with Crippen LogP contribution in [0.4, 0.5) is 10.1 Å². The zero-order valence-electron chi connectivity index (χ0n) is 11.1. The highest BCUT2D eigenvalue weighted by atomic mass is 32.2. The summed E-state index contributed by atoms with van der Waals surface area (Å²) in [5.74, 6) is -0.245. The number of nitrogens with one attached hydrogen (secondary N) is 1. The van der Waals surface area contributed by atoms with Crippen LogP contribution in [0.2, 0.25) is 0 Å². The van der Waals surface area contributed by atoms with E-state index in [0.29, 0.717) is 24.2 Å². The van der Waals surface area contributed by atoms with Gasteiger partial charge in [-0.15, -0.1) is 0 Å². The molecule has 0 unspecified atom stereocenters. The van der Waals surface area contributed by atoms with E-state index in [9.17, 15) is 12.8 Å². The second kappa shape index (κ2) is 6.05. The van der Waals surface area contributed by atoms with E-state index in [0.717, 1.165) is 0 Å². The summed E-state index contributed by atoms with van der Waals surface area (Å²) in [6.45, 7) is 0.466. The molecule has 0 saturated heterocycles. The quantitative estimate of drug-likeness (QED) is 0.922. The number of anilines is 1. The van der Waals surface area contributed by atoms with Crippen molar-refractivity contribution in [2.24, 2.45) is 0 Å². The van der Waals surface area contributed by atoms with Crippen LogP contribution >= 0.6 is 0 Å². The highest BCUT2D eigenvalue weighted by Crippen LogP contribution is 2.20. The number of benzene rings is 2. The summed E-state index contributed by atoms with van der Waals surface area (Å²) >= 11 is 0. The molecule has 0 bridgehead atoms. The molecule has 0 aliphatic heterocycles. The molecule has 0 spiro atoms. The fourth-order valence-corrected chi connectivity index (χ4v) is 2.83. The van der Waals surface area contributed by atoms with E-state index in [1.54, 1.807) is 42.5 Å². The Morgan fingerprint density at radius 3 is 2.40 bits per heavy atom. The molecule has 0 radical (unpaired) electrons. The Balaban J connectivity index is 2.07. The van der Waals surface area contributed by atoms with Crippen LogP contribution in [-0.2, 0) is 16.3 Å². The fourth-order valence-electron chi connectivity index (χ4n) is 1.97. The topological polar surface area (TPSA) is 46.2 Å². The summed E-state index contributed by atoms with van der Waals surface area (Å²) < 4.78 is 36.7. The average molecular weight is 293 g/mol. The van der Waals surface area contributed by atoms with Crippen LogP contribution in [0.25, 0.3) is 0 Å². The Morgan fingerprint density at radius 1 is 1.05 bits per heavy atom. The summed E-state index contributed by atoms with van der Waals surface area (Å²) in [7, 11) is -3.27. The van der Waals surface area contributed by atoms with Crippen LogP contribution in [0.5, 0.6) is 0 Å². The van der Waals surface area contributed by atoms with Gasteiger partial charge in [-0.3, -0.25) is 0 Å². The minimum Gasteiger partial charge on any atom is -0.384 e. The molecular formula is C15H16FNO2S. The first-order chi connectivity index (χ1) is 9.48. The summed E-state index contributed by atoms with van der Waals surface area (Å²) in [5.41, 5.74) is 1.16. The first-order valence-electron chi connectivity index (χ1n) is 6.25. The van der Waals surface area contributed by atoms with Crippen LogP contribution < -0.4 is 5.32 Å². The second-order valence-electron chi connectivity index (χ2n) is 4.54. The van der Waals surface area contributed by atoms with Crippen molar-refractivity contribution < 1.29 is 12.8 Å². The smallest absolute Gasteiger partial charge is 0.177 e. The number of sulfone groups is 1. The van der Waals surface area contributed by atoms with Gasteiger partial charge < -0.3 is 5.32 Å². The lowest BCUT2D eigenvalue weighted by molar-refractivity contribution is 0.601. The predicted molar refractivity (Wildman–Crippen MR) is 78.1 cm³/mol. The SMILES string of the molecule is CS(=O)(=O)c1ccccc1NCCc1ccccc1F. The molecular weight excluding hydrogens is 277 g/mol. The number of rotatable bonds is 5. The van der Waals surface area contributed by atoms with Crippen LogP contribution in [0.3, 0.4) is 0 Å². The van der Waals surface area contributed by atoms with Crippen molar-refractivity contribution in [3.8, 4) is 0 Å². The van der Waals surface area contributed by atoms with Crippen LogP contribution in [-0.4, -0.2) is 21.2 Å². The molecule has 0 aromatic heterocycles. The van der Waals surface area contributed by atoms with Gasteiger partial charge in [0.2, 0.25) is 0 Å². The van der Waals surface area contributed by atoms with E-state index in [1.165, 1.54) is 12.3 Å². The predicted octanol–water partition coefficient (Wildman–Crippen LogP) is 2.88. The maximum atomic E-state index is 13.5. The lowest BCUT2D eigenvalue weighted by Crippen LogP contribution is -2.09.